The third-order valence-corrected chi connectivity index (χ3v) is 10.5. The van der Waals surface area contributed by atoms with E-state index in [1.807, 2.05) is 0 Å². The predicted molar refractivity (Wildman–Crippen MR) is 220 cm³/mol. The molecule has 302 valence electrons. The van der Waals surface area contributed by atoms with Crippen LogP contribution in [0.5, 0.6) is 0 Å². The first-order chi connectivity index (χ1) is 24.9. The zero-order chi connectivity index (χ0) is 37.6. The van der Waals surface area contributed by atoms with Crippen molar-refractivity contribution in [1.29, 1.82) is 0 Å². The number of nitrogens with zero attached hydrogens (tertiary/aromatic N) is 2. The second-order valence-corrected chi connectivity index (χ2v) is 15.7. The molecule has 0 aromatic rings. The smallest absolute Gasteiger partial charge is 0.308 e. The van der Waals surface area contributed by atoms with Crippen molar-refractivity contribution in [2.24, 2.45) is 5.92 Å². The summed E-state index contributed by atoms with van der Waals surface area (Å²) in [7, 11) is 4.24. The lowest BCUT2D eigenvalue weighted by Crippen LogP contribution is -2.41. The highest BCUT2D eigenvalue weighted by atomic mass is 16.5. The van der Waals surface area contributed by atoms with Crippen LogP contribution in [0.1, 0.15) is 213 Å². The number of carbonyl (C=O) groups is 2. The van der Waals surface area contributed by atoms with Gasteiger partial charge >= 0.3 is 5.97 Å². The fraction of sp³-hybridized carbons (Fsp3) is 0.911. The zero-order valence-corrected chi connectivity index (χ0v) is 34.9. The zero-order valence-electron chi connectivity index (χ0n) is 34.9. The Morgan fingerprint density at radius 2 is 1.06 bits per heavy atom. The lowest BCUT2D eigenvalue weighted by Gasteiger charge is -2.33. The standard InChI is InChI=1S/C45H88N2O4/c1-6-9-12-15-22-29-37-44(49)47(39-32-38-46(4)5)43(35-27-20-16-18-23-30-40-48)36-28-21-17-19-24-31-41-51-45(50)42(33-25-13-10-7-2)34-26-14-11-8-3/h18,23,42-43,48H,6-17,19-22,24-41H2,1-5H3/b23-18+. The second kappa shape index (κ2) is 38.3. The van der Waals surface area contributed by atoms with E-state index < -0.39 is 0 Å². The minimum atomic E-state index is 0.0522. The van der Waals surface area contributed by atoms with E-state index in [2.05, 4.69) is 56.8 Å². The van der Waals surface area contributed by atoms with E-state index >= 15 is 0 Å². The molecular weight excluding hydrogens is 633 g/mol. The molecule has 1 atom stereocenters. The third-order valence-electron chi connectivity index (χ3n) is 10.5. The highest BCUT2D eigenvalue weighted by molar-refractivity contribution is 5.76. The summed E-state index contributed by atoms with van der Waals surface area (Å²) in [4.78, 5) is 31.1. The molecule has 0 aromatic carbocycles. The summed E-state index contributed by atoms with van der Waals surface area (Å²) in [5.41, 5.74) is 0. The Morgan fingerprint density at radius 1 is 0.569 bits per heavy atom. The SMILES string of the molecule is CCCCCCCCC(=O)N(CCCN(C)C)C(CCCC/C=C/CCO)CCCCCCCCOC(=O)C(CCCCCC)CCCCCC. The molecule has 0 aliphatic heterocycles. The Bertz CT molecular complexity index is 774. The van der Waals surface area contributed by atoms with Gasteiger partial charge in [0.25, 0.3) is 0 Å². The second-order valence-electron chi connectivity index (χ2n) is 15.7. The van der Waals surface area contributed by atoms with Gasteiger partial charge in [-0.3, -0.25) is 9.59 Å². The summed E-state index contributed by atoms with van der Waals surface area (Å²) < 4.78 is 5.80. The number of carbonyl (C=O) groups excluding carboxylic acids is 2. The number of ether oxygens (including phenoxy) is 1. The van der Waals surface area contributed by atoms with Crippen LogP contribution in [-0.2, 0) is 14.3 Å². The lowest BCUT2D eigenvalue weighted by molar-refractivity contribution is -0.149. The molecule has 0 spiro atoms. The summed E-state index contributed by atoms with van der Waals surface area (Å²) in [6, 6.07) is 0.331. The van der Waals surface area contributed by atoms with Crippen molar-refractivity contribution in [2.45, 2.75) is 219 Å². The van der Waals surface area contributed by atoms with Crippen molar-refractivity contribution < 1.29 is 19.4 Å². The highest BCUT2D eigenvalue weighted by Crippen LogP contribution is 2.22. The van der Waals surface area contributed by atoms with Crippen molar-refractivity contribution in [3.63, 3.8) is 0 Å². The summed E-state index contributed by atoms with van der Waals surface area (Å²) in [5.74, 6) is 0.515. The van der Waals surface area contributed by atoms with Crippen LogP contribution in [0, 0.1) is 5.92 Å². The van der Waals surface area contributed by atoms with Gasteiger partial charge in [-0.15, -0.1) is 0 Å². The van der Waals surface area contributed by atoms with Crippen molar-refractivity contribution in [1.82, 2.24) is 9.80 Å². The van der Waals surface area contributed by atoms with Crippen LogP contribution in [0.2, 0.25) is 0 Å². The predicted octanol–water partition coefficient (Wildman–Crippen LogP) is 12.2. The van der Waals surface area contributed by atoms with Crippen molar-refractivity contribution in [2.75, 3.05) is 40.4 Å². The molecule has 0 heterocycles. The normalized spacial score (nSPS) is 12.4. The number of rotatable bonds is 39. The Kier molecular flexibility index (Phi) is 37.3. The summed E-state index contributed by atoms with van der Waals surface area (Å²) in [5, 5.41) is 9.05. The number of aliphatic hydroxyl groups excluding tert-OH is 1. The average molecular weight is 721 g/mol. The average Bonchev–Trinajstić information content (AvgIpc) is 3.12. The fourth-order valence-corrected chi connectivity index (χ4v) is 7.17. The van der Waals surface area contributed by atoms with Gasteiger partial charge in [0.2, 0.25) is 5.91 Å². The first-order valence-corrected chi connectivity index (χ1v) is 22.3. The van der Waals surface area contributed by atoms with Gasteiger partial charge in [0.15, 0.2) is 0 Å². The van der Waals surface area contributed by atoms with Gasteiger partial charge in [0, 0.05) is 25.6 Å². The number of amides is 1. The van der Waals surface area contributed by atoms with Crippen molar-refractivity contribution >= 4 is 11.9 Å². The molecule has 0 rings (SSSR count). The van der Waals surface area contributed by atoms with Gasteiger partial charge in [-0.05, 0) is 84.8 Å². The molecule has 0 aliphatic carbocycles. The number of hydrogen-bond donors (Lipinski definition) is 1. The Hall–Kier alpha value is -1.40. The highest BCUT2D eigenvalue weighted by Gasteiger charge is 2.23. The van der Waals surface area contributed by atoms with Gasteiger partial charge in [-0.2, -0.15) is 0 Å². The van der Waals surface area contributed by atoms with Crippen LogP contribution < -0.4 is 0 Å². The number of unbranched alkanes of at least 4 members (excludes halogenated alkanes) is 18. The van der Waals surface area contributed by atoms with Gasteiger partial charge in [0.05, 0.1) is 12.5 Å². The number of allylic oxidation sites excluding steroid dienone is 1. The topological polar surface area (TPSA) is 70.1 Å². The van der Waals surface area contributed by atoms with Crippen LogP contribution >= 0.6 is 0 Å². The van der Waals surface area contributed by atoms with Crippen molar-refractivity contribution in [3.05, 3.63) is 12.2 Å². The molecule has 0 radical (unpaired) electrons. The Balaban J connectivity index is 4.86. The van der Waals surface area contributed by atoms with E-state index in [0.29, 0.717) is 25.0 Å². The molecule has 0 aliphatic rings. The van der Waals surface area contributed by atoms with Gasteiger partial charge in [0.1, 0.15) is 0 Å². The van der Waals surface area contributed by atoms with E-state index in [0.717, 1.165) is 103 Å². The molecule has 51 heavy (non-hydrogen) atoms. The maximum Gasteiger partial charge on any atom is 0.308 e. The van der Waals surface area contributed by atoms with E-state index in [4.69, 9.17) is 9.84 Å². The fourth-order valence-electron chi connectivity index (χ4n) is 7.17. The molecule has 1 N–H and O–H groups in total. The number of esters is 1. The Morgan fingerprint density at radius 3 is 1.65 bits per heavy atom. The number of aliphatic hydroxyl groups is 1. The van der Waals surface area contributed by atoms with Gasteiger partial charge in [-0.1, -0.05) is 155 Å². The number of hydrogen-bond acceptors (Lipinski definition) is 5. The quantitative estimate of drug-likeness (QED) is 0.0389. The molecule has 0 bridgehead atoms. The van der Waals surface area contributed by atoms with Crippen LogP contribution in [0.25, 0.3) is 0 Å². The lowest BCUT2D eigenvalue weighted by atomic mass is 9.94. The summed E-state index contributed by atoms with van der Waals surface area (Å²) in [6.45, 7) is 9.39. The minimum absolute atomic E-state index is 0.0522. The first kappa shape index (κ1) is 49.6. The first-order valence-electron chi connectivity index (χ1n) is 22.3. The van der Waals surface area contributed by atoms with Crippen LogP contribution in [0.4, 0.5) is 0 Å². The summed E-state index contributed by atoms with van der Waals surface area (Å²) >= 11 is 0. The third kappa shape index (κ3) is 31.8. The summed E-state index contributed by atoms with van der Waals surface area (Å²) in [6.07, 6.45) is 38.1. The molecular formula is C45H88N2O4. The molecule has 6 nitrogen and oxygen atoms in total. The van der Waals surface area contributed by atoms with Crippen LogP contribution in [-0.4, -0.2) is 73.2 Å². The molecule has 1 unspecified atom stereocenters. The molecule has 0 fully saturated rings. The molecule has 0 saturated heterocycles. The van der Waals surface area contributed by atoms with E-state index in [1.165, 1.54) is 96.3 Å². The van der Waals surface area contributed by atoms with E-state index in [1.54, 1.807) is 0 Å². The van der Waals surface area contributed by atoms with E-state index in [9.17, 15) is 9.59 Å². The molecule has 0 aromatic heterocycles. The molecule has 1 amide bonds. The van der Waals surface area contributed by atoms with Crippen LogP contribution in [0.15, 0.2) is 12.2 Å². The van der Waals surface area contributed by atoms with Crippen molar-refractivity contribution in [3.8, 4) is 0 Å². The van der Waals surface area contributed by atoms with E-state index in [-0.39, 0.29) is 18.5 Å². The minimum Gasteiger partial charge on any atom is -0.465 e. The molecule has 0 saturated carbocycles. The van der Waals surface area contributed by atoms with Crippen LogP contribution in [0.3, 0.4) is 0 Å². The largest absolute Gasteiger partial charge is 0.465 e. The Labute approximate surface area is 318 Å². The van der Waals surface area contributed by atoms with Gasteiger partial charge in [-0.25, -0.2) is 0 Å². The maximum absolute atomic E-state index is 13.7. The van der Waals surface area contributed by atoms with Gasteiger partial charge < -0.3 is 19.6 Å². The monoisotopic (exact) mass is 721 g/mol. The maximum atomic E-state index is 13.7. The molecule has 6 heteroatoms.